The lowest BCUT2D eigenvalue weighted by Crippen LogP contribution is -2.48. The Labute approximate surface area is 136 Å². The van der Waals surface area contributed by atoms with E-state index in [2.05, 4.69) is 51.8 Å². The molecule has 2 nitrogen and oxygen atoms in total. The van der Waals surface area contributed by atoms with Crippen molar-refractivity contribution in [3.63, 3.8) is 0 Å². The van der Waals surface area contributed by atoms with Crippen molar-refractivity contribution in [2.75, 3.05) is 25.2 Å². The summed E-state index contributed by atoms with van der Waals surface area (Å²) in [4.78, 5) is 0. The van der Waals surface area contributed by atoms with Gasteiger partial charge >= 0.3 is 0 Å². The van der Waals surface area contributed by atoms with E-state index in [1.165, 1.54) is 43.6 Å². The molecule has 1 spiro atoms. The standard InChI is InChI=1S/C18H35NOS/c1-14(17(2,3)4)12-16(19-5)15-6-9-20-18(13-15)7-10-21-11-8-18/h14-16,19H,6-13H2,1-5H3. The zero-order valence-electron chi connectivity index (χ0n) is 14.7. The summed E-state index contributed by atoms with van der Waals surface area (Å²) in [7, 11) is 2.15. The van der Waals surface area contributed by atoms with Crippen LogP contribution < -0.4 is 5.32 Å². The Morgan fingerprint density at radius 2 is 1.95 bits per heavy atom. The number of rotatable bonds is 4. The number of nitrogens with one attached hydrogen (secondary N) is 1. The van der Waals surface area contributed by atoms with Gasteiger partial charge in [-0.05, 0) is 67.9 Å². The summed E-state index contributed by atoms with van der Waals surface area (Å²) in [5.41, 5.74) is 0.619. The van der Waals surface area contributed by atoms with Crippen molar-refractivity contribution in [2.24, 2.45) is 17.3 Å². The Bertz CT molecular complexity index is 314. The SMILES string of the molecule is CNC(CC(C)C(C)(C)C)C1CCOC2(CCSCC2)C1. The first-order valence-electron chi connectivity index (χ1n) is 8.75. The molecule has 3 unspecified atom stereocenters. The lowest BCUT2D eigenvalue weighted by molar-refractivity contribution is -0.108. The highest BCUT2D eigenvalue weighted by Gasteiger charge is 2.41. The minimum atomic E-state index is 0.217. The Hall–Kier alpha value is 0.270. The predicted molar refractivity (Wildman–Crippen MR) is 94.0 cm³/mol. The third kappa shape index (κ3) is 4.62. The van der Waals surface area contributed by atoms with Crippen LogP contribution in [0.25, 0.3) is 0 Å². The van der Waals surface area contributed by atoms with Crippen LogP contribution in [0.3, 0.4) is 0 Å². The van der Waals surface area contributed by atoms with Gasteiger partial charge in [0.2, 0.25) is 0 Å². The summed E-state index contributed by atoms with van der Waals surface area (Å²) in [6.07, 6.45) is 6.32. The molecule has 124 valence electrons. The second-order valence-electron chi connectivity index (χ2n) is 8.29. The van der Waals surface area contributed by atoms with Gasteiger partial charge in [-0.3, -0.25) is 0 Å². The van der Waals surface area contributed by atoms with Crippen LogP contribution in [0, 0.1) is 17.3 Å². The van der Waals surface area contributed by atoms with E-state index in [9.17, 15) is 0 Å². The van der Waals surface area contributed by atoms with E-state index in [-0.39, 0.29) is 5.60 Å². The summed E-state index contributed by atoms with van der Waals surface area (Å²) in [5.74, 6) is 4.11. The molecule has 21 heavy (non-hydrogen) atoms. The summed E-state index contributed by atoms with van der Waals surface area (Å²) < 4.78 is 6.26. The average Bonchev–Trinajstić information content (AvgIpc) is 2.44. The fraction of sp³-hybridized carbons (Fsp3) is 1.00. The van der Waals surface area contributed by atoms with Crippen LogP contribution in [0.1, 0.15) is 59.8 Å². The van der Waals surface area contributed by atoms with Gasteiger partial charge in [0.05, 0.1) is 5.60 Å². The molecule has 2 rings (SSSR count). The highest BCUT2D eigenvalue weighted by molar-refractivity contribution is 7.99. The zero-order chi connectivity index (χ0) is 15.5. The summed E-state index contributed by atoms with van der Waals surface area (Å²) >= 11 is 2.10. The van der Waals surface area contributed by atoms with Crippen molar-refractivity contribution in [2.45, 2.75) is 71.4 Å². The average molecular weight is 314 g/mol. The fourth-order valence-electron chi connectivity index (χ4n) is 3.78. The van der Waals surface area contributed by atoms with Gasteiger partial charge in [-0.2, -0.15) is 11.8 Å². The third-order valence-corrected chi connectivity index (χ3v) is 6.95. The topological polar surface area (TPSA) is 21.3 Å². The van der Waals surface area contributed by atoms with Crippen LogP contribution in [0.4, 0.5) is 0 Å². The van der Waals surface area contributed by atoms with Gasteiger partial charge < -0.3 is 10.1 Å². The normalized spacial score (nSPS) is 29.3. The molecule has 0 aromatic carbocycles. The minimum Gasteiger partial charge on any atom is -0.375 e. The number of hydrogen-bond donors (Lipinski definition) is 1. The highest BCUT2D eigenvalue weighted by atomic mass is 32.2. The lowest BCUT2D eigenvalue weighted by Gasteiger charge is -2.46. The Morgan fingerprint density at radius 1 is 1.29 bits per heavy atom. The van der Waals surface area contributed by atoms with Gasteiger partial charge in [0.25, 0.3) is 0 Å². The largest absolute Gasteiger partial charge is 0.375 e. The molecule has 3 heteroatoms. The van der Waals surface area contributed by atoms with Gasteiger partial charge in [-0.1, -0.05) is 27.7 Å². The Balaban J connectivity index is 1.97. The molecule has 0 amide bonds. The van der Waals surface area contributed by atoms with Crippen molar-refractivity contribution in [1.29, 1.82) is 0 Å². The van der Waals surface area contributed by atoms with Crippen molar-refractivity contribution >= 4 is 11.8 Å². The molecule has 2 aliphatic heterocycles. The van der Waals surface area contributed by atoms with Crippen molar-refractivity contribution < 1.29 is 4.74 Å². The van der Waals surface area contributed by atoms with Crippen LogP contribution in [-0.2, 0) is 4.74 Å². The maximum Gasteiger partial charge on any atom is 0.0701 e. The Kier molecular flexibility index (Phi) is 6.07. The molecule has 2 fully saturated rings. The molecular weight excluding hydrogens is 278 g/mol. The molecule has 0 aliphatic carbocycles. The monoisotopic (exact) mass is 313 g/mol. The highest BCUT2D eigenvalue weighted by Crippen LogP contribution is 2.42. The van der Waals surface area contributed by atoms with Crippen LogP contribution in [0.15, 0.2) is 0 Å². The van der Waals surface area contributed by atoms with E-state index in [1.54, 1.807) is 0 Å². The van der Waals surface area contributed by atoms with E-state index in [4.69, 9.17) is 4.74 Å². The molecule has 3 atom stereocenters. The second-order valence-corrected chi connectivity index (χ2v) is 9.52. The van der Waals surface area contributed by atoms with Crippen LogP contribution in [0.2, 0.25) is 0 Å². The van der Waals surface area contributed by atoms with Crippen molar-refractivity contribution in [3.8, 4) is 0 Å². The quantitative estimate of drug-likeness (QED) is 0.834. The van der Waals surface area contributed by atoms with Gasteiger partial charge in [0, 0.05) is 12.6 Å². The molecule has 0 saturated carbocycles. The first-order chi connectivity index (χ1) is 9.86. The lowest BCUT2D eigenvalue weighted by atomic mass is 9.72. The molecule has 0 radical (unpaired) electrons. The first-order valence-corrected chi connectivity index (χ1v) is 9.91. The van der Waals surface area contributed by atoms with Gasteiger partial charge in [0.1, 0.15) is 0 Å². The molecule has 2 aliphatic rings. The van der Waals surface area contributed by atoms with E-state index in [1.807, 2.05) is 0 Å². The maximum atomic E-state index is 6.26. The number of ether oxygens (including phenoxy) is 1. The fourth-order valence-corrected chi connectivity index (χ4v) is 5.02. The third-order valence-electron chi connectivity index (χ3n) is 5.96. The van der Waals surface area contributed by atoms with E-state index >= 15 is 0 Å². The minimum absolute atomic E-state index is 0.217. The predicted octanol–water partition coefficient (Wildman–Crippen LogP) is 4.34. The van der Waals surface area contributed by atoms with Gasteiger partial charge in [0.15, 0.2) is 0 Å². The smallest absolute Gasteiger partial charge is 0.0701 e. The molecule has 0 bridgehead atoms. The van der Waals surface area contributed by atoms with E-state index in [0.717, 1.165) is 18.4 Å². The molecule has 0 aromatic heterocycles. The molecule has 1 N–H and O–H groups in total. The van der Waals surface area contributed by atoms with Crippen LogP contribution >= 0.6 is 11.8 Å². The number of thioether (sulfide) groups is 1. The van der Waals surface area contributed by atoms with E-state index < -0.39 is 0 Å². The van der Waals surface area contributed by atoms with Crippen molar-refractivity contribution in [3.05, 3.63) is 0 Å². The van der Waals surface area contributed by atoms with Gasteiger partial charge in [-0.15, -0.1) is 0 Å². The second kappa shape index (κ2) is 7.23. The Morgan fingerprint density at radius 3 is 2.52 bits per heavy atom. The molecule has 0 aromatic rings. The molecule has 2 heterocycles. The summed E-state index contributed by atoms with van der Waals surface area (Å²) in [6.45, 7) is 10.5. The summed E-state index contributed by atoms with van der Waals surface area (Å²) in [5, 5.41) is 3.64. The summed E-state index contributed by atoms with van der Waals surface area (Å²) in [6, 6.07) is 0.648. The number of hydrogen-bond acceptors (Lipinski definition) is 3. The molecule has 2 saturated heterocycles. The van der Waals surface area contributed by atoms with Crippen LogP contribution in [0.5, 0.6) is 0 Å². The van der Waals surface area contributed by atoms with Crippen LogP contribution in [-0.4, -0.2) is 36.8 Å². The van der Waals surface area contributed by atoms with Crippen molar-refractivity contribution in [1.82, 2.24) is 5.32 Å². The maximum absolute atomic E-state index is 6.26. The van der Waals surface area contributed by atoms with Gasteiger partial charge in [-0.25, -0.2) is 0 Å². The molecular formula is C18H35NOS. The zero-order valence-corrected chi connectivity index (χ0v) is 15.5. The van der Waals surface area contributed by atoms with E-state index in [0.29, 0.717) is 11.5 Å². The first kappa shape index (κ1) is 17.6.